The number of hydrogen-bond acceptors (Lipinski definition) is 0. The second-order valence-electron chi connectivity index (χ2n) is 14.0. The van der Waals surface area contributed by atoms with Crippen molar-refractivity contribution in [2.24, 2.45) is 0 Å². The van der Waals surface area contributed by atoms with E-state index >= 15 is 0 Å². The Morgan fingerprint density at radius 2 is 0.837 bits per heavy atom. The lowest BCUT2D eigenvalue weighted by molar-refractivity contribution is 0.668. The van der Waals surface area contributed by atoms with Gasteiger partial charge in [-0.25, -0.2) is 0 Å². The van der Waals surface area contributed by atoms with Gasteiger partial charge in [0.1, 0.15) is 0 Å². The van der Waals surface area contributed by atoms with Gasteiger partial charge in [0.05, 0.1) is 0 Å². The second kappa shape index (κ2) is 10.5. The number of fused-ring (bicyclic) bond motifs is 8. The highest BCUT2D eigenvalue weighted by atomic mass is 14.4. The smallest absolute Gasteiger partial charge is 0.0171 e. The minimum Gasteiger partial charge on any atom is -0.0622 e. The Bertz CT molecular complexity index is 2720. The van der Waals surface area contributed by atoms with Crippen molar-refractivity contribution < 1.29 is 0 Å². The largest absolute Gasteiger partial charge is 0.0622 e. The van der Waals surface area contributed by atoms with Gasteiger partial charge in [0, 0.05) is 5.41 Å². The summed E-state index contributed by atoms with van der Waals surface area (Å²) < 4.78 is 0. The molecule has 0 radical (unpaired) electrons. The van der Waals surface area contributed by atoms with E-state index in [1.54, 1.807) is 0 Å². The average Bonchev–Trinajstić information content (AvgIpc) is 3.40. The zero-order valence-corrected chi connectivity index (χ0v) is 27.7. The standard InChI is InChI=1S/C49H34/c1-49(2)47-36-20-9-6-15-31(36)27-28-43(47)42-26-14-25-37(48(42)49)34-29-33-18-7-8-19-35(33)44(30-34)46-40-23-12-10-21-38(40)45(32-16-4-3-5-17-32)39-22-11-13-24-41(39)46/h3-30H,1-2H3. The predicted molar refractivity (Wildman–Crippen MR) is 210 cm³/mol. The maximum atomic E-state index is 2.48. The van der Waals surface area contributed by atoms with E-state index in [2.05, 4.69) is 184 Å². The first-order valence-electron chi connectivity index (χ1n) is 17.3. The number of hydrogen-bond donors (Lipinski definition) is 0. The van der Waals surface area contributed by atoms with Gasteiger partial charge in [-0.2, -0.15) is 0 Å². The van der Waals surface area contributed by atoms with E-state index < -0.39 is 0 Å². The van der Waals surface area contributed by atoms with E-state index in [4.69, 9.17) is 0 Å². The molecule has 0 nitrogen and oxygen atoms in total. The molecule has 9 aromatic rings. The van der Waals surface area contributed by atoms with Crippen molar-refractivity contribution in [2.45, 2.75) is 19.3 Å². The highest BCUT2D eigenvalue weighted by Crippen LogP contribution is 2.55. The van der Waals surface area contributed by atoms with Crippen LogP contribution >= 0.6 is 0 Å². The molecule has 0 unspecified atom stereocenters. The highest BCUT2D eigenvalue weighted by molar-refractivity contribution is 6.24. The summed E-state index contributed by atoms with van der Waals surface area (Å²) >= 11 is 0. The molecule has 0 aliphatic heterocycles. The number of rotatable bonds is 3. The molecule has 0 bridgehead atoms. The third kappa shape index (κ3) is 4.04. The van der Waals surface area contributed by atoms with Gasteiger partial charge in [-0.3, -0.25) is 0 Å². The van der Waals surface area contributed by atoms with Gasteiger partial charge in [-0.15, -0.1) is 0 Å². The third-order valence-electron chi connectivity index (χ3n) is 11.0. The summed E-state index contributed by atoms with van der Waals surface area (Å²) in [5.41, 5.74) is 13.1. The molecule has 0 fully saturated rings. The fraction of sp³-hybridized carbons (Fsp3) is 0.0612. The zero-order chi connectivity index (χ0) is 32.7. The monoisotopic (exact) mass is 622 g/mol. The summed E-state index contributed by atoms with van der Waals surface area (Å²) in [5.74, 6) is 0. The SMILES string of the molecule is CC1(C)c2c(-c3cc(-c4c5ccccc5c(-c5ccccc5)c5ccccc45)c4ccccc4c3)cccc2-c2ccc3ccccc3c21. The van der Waals surface area contributed by atoms with Gasteiger partial charge in [0.2, 0.25) is 0 Å². The molecule has 0 saturated carbocycles. The fourth-order valence-corrected chi connectivity index (χ4v) is 8.99. The molecule has 0 aromatic heterocycles. The van der Waals surface area contributed by atoms with Crippen LogP contribution in [0.15, 0.2) is 170 Å². The molecule has 0 saturated heterocycles. The van der Waals surface area contributed by atoms with E-state index in [1.807, 2.05) is 0 Å². The molecule has 10 rings (SSSR count). The molecule has 9 aromatic carbocycles. The Labute approximate surface area is 286 Å². The number of benzene rings is 9. The molecule has 0 heterocycles. The molecule has 0 spiro atoms. The fourth-order valence-electron chi connectivity index (χ4n) is 8.99. The lowest BCUT2D eigenvalue weighted by atomic mass is 9.76. The van der Waals surface area contributed by atoms with Crippen molar-refractivity contribution in [3.05, 3.63) is 181 Å². The molecule has 1 aliphatic rings. The van der Waals surface area contributed by atoms with E-state index in [0.717, 1.165) is 0 Å². The molecule has 0 atom stereocenters. The van der Waals surface area contributed by atoms with Gasteiger partial charge >= 0.3 is 0 Å². The van der Waals surface area contributed by atoms with Gasteiger partial charge in [-0.05, 0) is 111 Å². The first kappa shape index (κ1) is 28.1. The topological polar surface area (TPSA) is 0 Å². The molecule has 1 aliphatic carbocycles. The van der Waals surface area contributed by atoms with Crippen molar-refractivity contribution in [3.8, 4) is 44.5 Å². The molecular formula is C49H34. The minimum absolute atomic E-state index is 0.162. The van der Waals surface area contributed by atoms with Crippen LogP contribution in [-0.4, -0.2) is 0 Å². The van der Waals surface area contributed by atoms with Crippen LogP contribution in [0.25, 0.3) is 87.6 Å². The van der Waals surface area contributed by atoms with Crippen molar-refractivity contribution in [3.63, 3.8) is 0 Å². The van der Waals surface area contributed by atoms with Crippen LogP contribution in [0.1, 0.15) is 25.0 Å². The van der Waals surface area contributed by atoms with Gasteiger partial charge in [0.15, 0.2) is 0 Å². The zero-order valence-electron chi connectivity index (χ0n) is 27.7. The van der Waals surface area contributed by atoms with E-state index in [0.29, 0.717) is 0 Å². The normalized spacial score (nSPS) is 13.3. The Kier molecular flexibility index (Phi) is 6.02. The van der Waals surface area contributed by atoms with Gasteiger partial charge in [-0.1, -0.05) is 172 Å². The molecule has 0 N–H and O–H groups in total. The van der Waals surface area contributed by atoms with Crippen LogP contribution < -0.4 is 0 Å². The van der Waals surface area contributed by atoms with Crippen LogP contribution in [0.3, 0.4) is 0 Å². The third-order valence-corrected chi connectivity index (χ3v) is 11.0. The Morgan fingerprint density at radius 1 is 0.306 bits per heavy atom. The van der Waals surface area contributed by atoms with Gasteiger partial charge < -0.3 is 0 Å². The van der Waals surface area contributed by atoms with Gasteiger partial charge in [0.25, 0.3) is 0 Å². The lowest BCUT2D eigenvalue weighted by Crippen LogP contribution is -2.16. The van der Waals surface area contributed by atoms with E-state index in [1.165, 1.54) is 98.7 Å². The van der Waals surface area contributed by atoms with Crippen LogP contribution in [0.2, 0.25) is 0 Å². The maximum absolute atomic E-state index is 2.48. The van der Waals surface area contributed by atoms with Crippen LogP contribution in [0, 0.1) is 0 Å². The Balaban J connectivity index is 1.29. The van der Waals surface area contributed by atoms with Crippen molar-refractivity contribution >= 4 is 43.1 Å². The Hall–Kier alpha value is -5.98. The van der Waals surface area contributed by atoms with E-state index in [-0.39, 0.29) is 5.41 Å². The van der Waals surface area contributed by atoms with Crippen LogP contribution in [0.5, 0.6) is 0 Å². The maximum Gasteiger partial charge on any atom is 0.0171 e. The summed E-state index contributed by atoms with van der Waals surface area (Å²) in [4.78, 5) is 0. The first-order chi connectivity index (χ1) is 24.1. The lowest BCUT2D eigenvalue weighted by Gasteiger charge is -2.26. The van der Waals surface area contributed by atoms with Crippen LogP contribution in [0.4, 0.5) is 0 Å². The van der Waals surface area contributed by atoms with Crippen molar-refractivity contribution in [2.75, 3.05) is 0 Å². The molecule has 0 amide bonds. The van der Waals surface area contributed by atoms with Crippen molar-refractivity contribution in [1.29, 1.82) is 0 Å². The molecule has 0 heteroatoms. The summed E-state index contributed by atoms with van der Waals surface area (Å²) in [6.07, 6.45) is 0. The first-order valence-corrected chi connectivity index (χ1v) is 17.3. The average molecular weight is 623 g/mol. The summed E-state index contributed by atoms with van der Waals surface area (Å²) in [5, 5.41) is 10.3. The van der Waals surface area contributed by atoms with Crippen LogP contribution in [-0.2, 0) is 5.41 Å². The summed E-state index contributed by atoms with van der Waals surface area (Å²) in [7, 11) is 0. The van der Waals surface area contributed by atoms with Crippen molar-refractivity contribution in [1.82, 2.24) is 0 Å². The highest BCUT2D eigenvalue weighted by Gasteiger charge is 2.39. The predicted octanol–water partition coefficient (Wildman–Crippen LogP) is 13.6. The second-order valence-corrected chi connectivity index (χ2v) is 14.0. The summed E-state index contributed by atoms with van der Waals surface area (Å²) in [6.45, 7) is 4.83. The molecular weight excluding hydrogens is 589 g/mol. The minimum atomic E-state index is -0.162. The summed E-state index contributed by atoms with van der Waals surface area (Å²) in [6, 6.07) is 63.1. The quantitative estimate of drug-likeness (QED) is 0.172. The van der Waals surface area contributed by atoms with E-state index in [9.17, 15) is 0 Å². The molecule has 49 heavy (non-hydrogen) atoms. The Morgan fingerprint density at radius 3 is 1.53 bits per heavy atom. The molecule has 230 valence electrons.